The Morgan fingerprint density at radius 3 is 2.57 bits per heavy atom. The molecule has 1 aromatic rings. The van der Waals surface area contributed by atoms with Gasteiger partial charge >= 0.3 is 0 Å². The average molecular weight is 201 g/mol. The molecule has 14 heavy (non-hydrogen) atoms. The van der Waals surface area contributed by atoms with Crippen molar-refractivity contribution in [3.8, 4) is 0 Å². The van der Waals surface area contributed by atoms with E-state index in [4.69, 9.17) is 0 Å². The zero-order valence-electron chi connectivity index (χ0n) is 8.38. The fourth-order valence-corrected chi connectivity index (χ4v) is 0.953. The maximum absolute atomic E-state index is 12.2. The number of alkyl halides is 2. The van der Waals surface area contributed by atoms with Gasteiger partial charge in [0.25, 0.3) is 6.43 Å². The van der Waals surface area contributed by atoms with E-state index in [0.717, 1.165) is 0 Å². The van der Waals surface area contributed by atoms with Crippen LogP contribution in [0.4, 0.5) is 14.6 Å². The first kappa shape index (κ1) is 10.8. The lowest BCUT2D eigenvalue weighted by molar-refractivity contribution is 0.130. The Morgan fingerprint density at radius 2 is 2.00 bits per heavy atom. The Kier molecular flexibility index (Phi) is 3.33. The molecular weight excluding hydrogens is 188 g/mol. The third-order valence-electron chi connectivity index (χ3n) is 1.82. The number of aryl methyl sites for hydroxylation is 2. The highest BCUT2D eigenvalue weighted by atomic mass is 19.3. The van der Waals surface area contributed by atoms with Gasteiger partial charge in [-0.2, -0.15) is 0 Å². The van der Waals surface area contributed by atoms with Gasteiger partial charge in [0.15, 0.2) is 0 Å². The number of nitrogens with zero attached hydrogens (tertiary/aromatic N) is 2. The first-order chi connectivity index (χ1) is 6.50. The van der Waals surface area contributed by atoms with E-state index in [1.165, 1.54) is 6.92 Å². The van der Waals surface area contributed by atoms with Crippen LogP contribution >= 0.6 is 0 Å². The van der Waals surface area contributed by atoms with E-state index in [1.807, 2.05) is 0 Å². The third-order valence-corrected chi connectivity index (χ3v) is 1.82. The van der Waals surface area contributed by atoms with Gasteiger partial charge in [-0.15, -0.1) is 0 Å². The summed E-state index contributed by atoms with van der Waals surface area (Å²) < 4.78 is 24.5. The SMILES string of the molecule is Cc1cnc(C)c(NC(C)C(F)F)n1. The summed E-state index contributed by atoms with van der Waals surface area (Å²) in [5, 5.41) is 2.63. The van der Waals surface area contributed by atoms with Crippen LogP contribution in [0.2, 0.25) is 0 Å². The summed E-state index contributed by atoms with van der Waals surface area (Å²) in [7, 11) is 0. The summed E-state index contributed by atoms with van der Waals surface area (Å²) in [5.41, 5.74) is 1.34. The Balaban J connectivity index is 2.80. The molecule has 1 N–H and O–H groups in total. The van der Waals surface area contributed by atoms with E-state index in [2.05, 4.69) is 15.3 Å². The summed E-state index contributed by atoms with van der Waals surface area (Å²) in [6.45, 7) is 4.91. The second-order valence-corrected chi connectivity index (χ2v) is 3.21. The van der Waals surface area contributed by atoms with Crippen LogP contribution in [0.5, 0.6) is 0 Å². The fraction of sp³-hybridized carbons (Fsp3) is 0.556. The lowest BCUT2D eigenvalue weighted by Crippen LogP contribution is -2.25. The number of nitrogens with one attached hydrogen (secondary N) is 1. The van der Waals surface area contributed by atoms with Crippen molar-refractivity contribution >= 4 is 5.82 Å². The summed E-state index contributed by atoms with van der Waals surface area (Å²) >= 11 is 0. The number of hydrogen-bond acceptors (Lipinski definition) is 3. The van der Waals surface area contributed by atoms with Crippen LogP contribution in [0.25, 0.3) is 0 Å². The van der Waals surface area contributed by atoms with Crippen LogP contribution in [-0.2, 0) is 0 Å². The molecule has 0 aromatic carbocycles. The molecule has 78 valence electrons. The summed E-state index contributed by atoms with van der Waals surface area (Å²) in [6, 6.07) is -0.912. The van der Waals surface area contributed by atoms with Crippen molar-refractivity contribution in [1.82, 2.24) is 9.97 Å². The van der Waals surface area contributed by atoms with Crippen molar-refractivity contribution < 1.29 is 8.78 Å². The molecule has 0 aliphatic heterocycles. The average Bonchev–Trinajstić information content (AvgIpc) is 2.11. The van der Waals surface area contributed by atoms with Gasteiger partial charge in [0.05, 0.1) is 17.4 Å². The number of aromatic nitrogens is 2. The molecule has 1 heterocycles. The summed E-state index contributed by atoms with van der Waals surface area (Å²) in [6.07, 6.45) is -0.801. The normalized spacial score (nSPS) is 13.0. The van der Waals surface area contributed by atoms with Crippen molar-refractivity contribution in [2.75, 3.05) is 5.32 Å². The van der Waals surface area contributed by atoms with Crippen LogP contribution in [0.1, 0.15) is 18.3 Å². The van der Waals surface area contributed by atoms with Gasteiger partial charge < -0.3 is 5.32 Å². The molecule has 0 fully saturated rings. The summed E-state index contributed by atoms with van der Waals surface area (Å²) in [4.78, 5) is 8.11. The fourth-order valence-electron chi connectivity index (χ4n) is 0.953. The van der Waals surface area contributed by atoms with Crippen molar-refractivity contribution in [3.05, 3.63) is 17.6 Å². The maximum atomic E-state index is 12.2. The van der Waals surface area contributed by atoms with Crippen molar-refractivity contribution in [2.45, 2.75) is 33.2 Å². The second-order valence-electron chi connectivity index (χ2n) is 3.21. The molecule has 5 heteroatoms. The monoisotopic (exact) mass is 201 g/mol. The third kappa shape index (κ3) is 2.61. The number of hydrogen-bond donors (Lipinski definition) is 1. The van der Waals surface area contributed by atoms with E-state index in [-0.39, 0.29) is 0 Å². The smallest absolute Gasteiger partial charge is 0.258 e. The van der Waals surface area contributed by atoms with Gasteiger partial charge in [-0.05, 0) is 20.8 Å². The highest BCUT2D eigenvalue weighted by molar-refractivity contribution is 5.40. The Labute approximate surface area is 81.6 Å². The highest BCUT2D eigenvalue weighted by Gasteiger charge is 2.15. The first-order valence-electron chi connectivity index (χ1n) is 4.35. The van der Waals surface area contributed by atoms with E-state index < -0.39 is 12.5 Å². The molecule has 0 aliphatic rings. The van der Waals surface area contributed by atoms with Gasteiger partial charge in [0.1, 0.15) is 5.82 Å². The Bertz CT molecular complexity index is 315. The van der Waals surface area contributed by atoms with Gasteiger partial charge in [-0.3, -0.25) is 4.98 Å². The summed E-state index contributed by atoms with van der Waals surface area (Å²) in [5.74, 6) is 0.429. The minimum Gasteiger partial charge on any atom is -0.360 e. The molecule has 0 saturated carbocycles. The van der Waals surface area contributed by atoms with Crippen molar-refractivity contribution in [2.24, 2.45) is 0 Å². The minimum absolute atomic E-state index is 0.429. The molecule has 0 amide bonds. The van der Waals surface area contributed by atoms with E-state index in [9.17, 15) is 8.78 Å². The maximum Gasteiger partial charge on any atom is 0.258 e. The number of rotatable bonds is 3. The van der Waals surface area contributed by atoms with Crippen LogP contribution in [-0.4, -0.2) is 22.4 Å². The Morgan fingerprint density at radius 1 is 1.36 bits per heavy atom. The zero-order valence-corrected chi connectivity index (χ0v) is 8.38. The molecule has 0 radical (unpaired) electrons. The molecular formula is C9H13F2N3. The van der Waals surface area contributed by atoms with Crippen molar-refractivity contribution in [1.29, 1.82) is 0 Å². The van der Waals surface area contributed by atoms with Crippen molar-refractivity contribution in [3.63, 3.8) is 0 Å². The minimum atomic E-state index is -2.41. The molecule has 1 atom stereocenters. The van der Waals surface area contributed by atoms with Crippen LogP contribution in [0, 0.1) is 13.8 Å². The van der Waals surface area contributed by atoms with Gasteiger partial charge in [-0.1, -0.05) is 0 Å². The molecule has 1 rings (SSSR count). The van der Waals surface area contributed by atoms with Gasteiger partial charge in [-0.25, -0.2) is 13.8 Å². The predicted octanol–water partition coefficient (Wildman–Crippen LogP) is 2.16. The molecule has 3 nitrogen and oxygen atoms in total. The molecule has 1 aromatic heterocycles. The highest BCUT2D eigenvalue weighted by Crippen LogP contribution is 2.12. The Hall–Kier alpha value is -1.26. The first-order valence-corrected chi connectivity index (χ1v) is 4.35. The zero-order chi connectivity index (χ0) is 10.7. The van der Waals surface area contributed by atoms with Crippen LogP contribution in [0.15, 0.2) is 6.20 Å². The topological polar surface area (TPSA) is 37.8 Å². The largest absolute Gasteiger partial charge is 0.360 e. The van der Waals surface area contributed by atoms with E-state index in [0.29, 0.717) is 17.2 Å². The van der Waals surface area contributed by atoms with Crippen LogP contribution in [0.3, 0.4) is 0 Å². The second kappa shape index (κ2) is 4.30. The van der Waals surface area contributed by atoms with Crippen LogP contribution < -0.4 is 5.32 Å². The molecule has 0 aliphatic carbocycles. The number of halogens is 2. The lowest BCUT2D eigenvalue weighted by Gasteiger charge is -2.14. The standard InChI is InChI=1S/C9H13F2N3/c1-5-4-12-7(3)9(13-5)14-6(2)8(10)11/h4,6,8H,1-3H3,(H,13,14). The molecule has 0 saturated heterocycles. The van der Waals surface area contributed by atoms with Gasteiger partial charge in [0.2, 0.25) is 0 Å². The lowest BCUT2D eigenvalue weighted by atomic mass is 10.3. The molecule has 0 bridgehead atoms. The van der Waals surface area contributed by atoms with E-state index in [1.54, 1.807) is 20.0 Å². The van der Waals surface area contributed by atoms with Gasteiger partial charge in [0, 0.05) is 6.20 Å². The molecule has 0 spiro atoms. The number of anilines is 1. The van der Waals surface area contributed by atoms with E-state index >= 15 is 0 Å². The quantitative estimate of drug-likeness (QED) is 0.814. The molecule has 1 unspecified atom stereocenters. The predicted molar refractivity (Wildman–Crippen MR) is 50.6 cm³/mol.